The van der Waals surface area contributed by atoms with Crippen molar-refractivity contribution < 1.29 is 4.42 Å². The third-order valence-electron chi connectivity index (χ3n) is 12.2. The Labute approximate surface area is 335 Å². The largest absolute Gasteiger partial charge is 0.456 e. The maximum Gasteiger partial charge on any atom is 0.136 e. The molecular weight excluding hydrogens is 707 g/mol. The SMILES string of the molecule is CC1(n2c3ccccc3c3ccc4c5ccccc5n(-c5cc(-c6ccccc6)nc(-c6ccccc6)c5)c4c32)C=CC=C(c2ccc3c(c2)oc2ccccc23)C1. The topological polar surface area (TPSA) is 35.9 Å². The van der Waals surface area contributed by atoms with Gasteiger partial charge in [-0.1, -0.05) is 152 Å². The molecule has 4 heteroatoms. The van der Waals surface area contributed by atoms with Crippen LogP contribution in [0.15, 0.2) is 199 Å². The Morgan fingerprint density at radius 2 is 1.07 bits per heavy atom. The van der Waals surface area contributed by atoms with Gasteiger partial charge < -0.3 is 13.6 Å². The van der Waals surface area contributed by atoms with Gasteiger partial charge in [0.1, 0.15) is 11.2 Å². The standard InChI is InChI=1S/C54H37N3O/c1-54(30-14-19-38(34-54)37-26-27-43-42-22-10-13-25-50(42)58-51(43)31-37)57-49-24-12-9-21-41(49)45-29-28-44-40-20-8-11-23-48(40)56(52(44)53(45)57)39-32-46(35-15-4-2-5-16-35)55-47(33-39)36-17-6-3-7-18-36/h2-33H,34H2,1H3. The van der Waals surface area contributed by atoms with Crippen molar-refractivity contribution in [2.45, 2.75) is 18.9 Å². The molecule has 0 radical (unpaired) electrons. The van der Waals surface area contributed by atoms with Gasteiger partial charge in [0.05, 0.1) is 39.2 Å². The van der Waals surface area contributed by atoms with Crippen molar-refractivity contribution in [1.29, 1.82) is 0 Å². The monoisotopic (exact) mass is 743 g/mol. The summed E-state index contributed by atoms with van der Waals surface area (Å²) in [7, 11) is 0. The van der Waals surface area contributed by atoms with Gasteiger partial charge in [0, 0.05) is 49.0 Å². The van der Waals surface area contributed by atoms with E-state index in [9.17, 15) is 0 Å². The Kier molecular flexibility index (Phi) is 7.09. The summed E-state index contributed by atoms with van der Waals surface area (Å²) in [5, 5.41) is 7.23. The van der Waals surface area contributed by atoms with Crippen LogP contribution in [0.25, 0.3) is 99.3 Å². The fourth-order valence-electron chi connectivity index (χ4n) is 9.61. The molecule has 0 saturated carbocycles. The summed E-state index contributed by atoms with van der Waals surface area (Å²) in [5.41, 5.74) is 13.8. The lowest BCUT2D eigenvalue weighted by Gasteiger charge is -2.34. The molecule has 11 aromatic rings. The maximum atomic E-state index is 6.37. The number of nitrogens with zero attached hydrogens (tertiary/aromatic N) is 3. The molecular formula is C54H37N3O. The van der Waals surface area contributed by atoms with Gasteiger partial charge in [0.2, 0.25) is 0 Å². The van der Waals surface area contributed by atoms with Crippen LogP contribution in [0.5, 0.6) is 0 Å². The molecule has 58 heavy (non-hydrogen) atoms. The Balaban J connectivity index is 1.13. The van der Waals surface area contributed by atoms with Crippen molar-refractivity contribution in [2.75, 3.05) is 0 Å². The number of benzene rings is 7. The Morgan fingerprint density at radius 1 is 0.500 bits per heavy atom. The first-order valence-electron chi connectivity index (χ1n) is 20.0. The van der Waals surface area contributed by atoms with Gasteiger partial charge in [-0.2, -0.15) is 0 Å². The highest BCUT2D eigenvalue weighted by Gasteiger charge is 2.33. The van der Waals surface area contributed by atoms with Crippen molar-refractivity contribution in [3.63, 3.8) is 0 Å². The molecule has 0 N–H and O–H groups in total. The molecule has 1 aliphatic carbocycles. The summed E-state index contributed by atoms with van der Waals surface area (Å²) in [4.78, 5) is 5.27. The molecule has 0 aliphatic heterocycles. The minimum atomic E-state index is -0.396. The summed E-state index contributed by atoms with van der Waals surface area (Å²) in [5.74, 6) is 0. The van der Waals surface area contributed by atoms with Crippen LogP contribution in [-0.2, 0) is 5.54 Å². The lowest BCUT2D eigenvalue weighted by atomic mass is 9.84. The number of allylic oxidation sites excluding steroid dienone is 4. The zero-order chi connectivity index (χ0) is 38.4. The molecule has 1 atom stereocenters. The molecule has 0 amide bonds. The molecule has 4 heterocycles. The van der Waals surface area contributed by atoms with Gasteiger partial charge in [-0.05, 0) is 66.9 Å². The van der Waals surface area contributed by atoms with Crippen molar-refractivity contribution in [1.82, 2.24) is 14.1 Å². The van der Waals surface area contributed by atoms with E-state index in [1.54, 1.807) is 0 Å². The predicted molar refractivity (Wildman–Crippen MR) is 242 cm³/mol. The second-order valence-electron chi connectivity index (χ2n) is 15.8. The van der Waals surface area contributed by atoms with E-state index < -0.39 is 5.54 Å². The molecule has 12 rings (SSSR count). The average molecular weight is 744 g/mol. The molecule has 0 saturated heterocycles. The quantitative estimate of drug-likeness (QED) is 0.176. The minimum absolute atomic E-state index is 0.396. The zero-order valence-electron chi connectivity index (χ0n) is 31.9. The van der Waals surface area contributed by atoms with Gasteiger partial charge in [0.25, 0.3) is 0 Å². The summed E-state index contributed by atoms with van der Waals surface area (Å²) in [6.45, 7) is 2.39. The van der Waals surface area contributed by atoms with Crippen molar-refractivity contribution >= 4 is 71.1 Å². The number of hydrogen-bond donors (Lipinski definition) is 0. The lowest BCUT2D eigenvalue weighted by Crippen LogP contribution is -2.29. The fourth-order valence-corrected chi connectivity index (χ4v) is 9.61. The molecule has 0 bridgehead atoms. The number of pyridine rings is 1. The summed E-state index contributed by atoms with van der Waals surface area (Å²) in [6.07, 6.45) is 7.73. The first kappa shape index (κ1) is 32.8. The molecule has 4 aromatic heterocycles. The number of furan rings is 1. The molecule has 0 fully saturated rings. The van der Waals surface area contributed by atoms with E-state index in [0.29, 0.717) is 0 Å². The van der Waals surface area contributed by atoms with Crippen LogP contribution in [0.4, 0.5) is 0 Å². The highest BCUT2D eigenvalue weighted by Crippen LogP contribution is 2.46. The van der Waals surface area contributed by atoms with Crippen LogP contribution in [0.1, 0.15) is 18.9 Å². The number of hydrogen-bond acceptors (Lipinski definition) is 2. The Morgan fingerprint density at radius 3 is 1.79 bits per heavy atom. The summed E-state index contributed by atoms with van der Waals surface area (Å²) in [6, 6.07) is 63.0. The second kappa shape index (κ2) is 12.5. The smallest absolute Gasteiger partial charge is 0.136 e. The van der Waals surface area contributed by atoms with Crippen LogP contribution in [0.3, 0.4) is 0 Å². The van der Waals surface area contributed by atoms with Crippen LogP contribution in [0, 0.1) is 0 Å². The van der Waals surface area contributed by atoms with Gasteiger partial charge in [-0.15, -0.1) is 0 Å². The third kappa shape index (κ3) is 4.91. The average Bonchev–Trinajstić information content (AvgIpc) is 3.95. The Hall–Kier alpha value is -7.43. The highest BCUT2D eigenvalue weighted by atomic mass is 16.3. The van der Waals surface area contributed by atoms with E-state index in [-0.39, 0.29) is 0 Å². The summed E-state index contributed by atoms with van der Waals surface area (Å²) >= 11 is 0. The van der Waals surface area contributed by atoms with E-state index in [1.807, 2.05) is 12.1 Å². The Bertz CT molecular complexity index is 3430. The van der Waals surface area contributed by atoms with Crippen LogP contribution in [0.2, 0.25) is 0 Å². The molecule has 1 unspecified atom stereocenters. The van der Waals surface area contributed by atoms with Crippen molar-refractivity contribution in [2.24, 2.45) is 0 Å². The number of aromatic nitrogens is 3. The zero-order valence-corrected chi connectivity index (χ0v) is 31.9. The third-order valence-corrected chi connectivity index (χ3v) is 12.2. The van der Waals surface area contributed by atoms with Gasteiger partial charge in [0.15, 0.2) is 0 Å². The number of rotatable bonds is 5. The summed E-state index contributed by atoms with van der Waals surface area (Å²) < 4.78 is 11.5. The molecule has 4 nitrogen and oxygen atoms in total. The maximum absolute atomic E-state index is 6.37. The molecule has 274 valence electrons. The van der Waals surface area contributed by atoms with Crippen molar-refractivity contribution in [3.05, 3.63) is 200 Å². The van der Waals surface area contributed by atoms with Gasteiger partial charge in [-0.3, -0.25) is 0 Å². The lowest BCUT2D eigenvalue weighted by molar-refractivity contribution is 0.444. The van der Waals surface area contributed by atoms with Crippen molar-refractivity contribution in [3.8, 4) is 28.2 Å². The van der Waals surface area contributed by atoms with Crippen LogP contribution < -0.4 is 0 Å². The first-order chi connectivity index (χ1) is 28.6. The normalized spacial score (nSPS) is 15.7. The second-order valence-corrected chi connectivity index (χ2v) is 15.8. The minimum Gasteiger partial charge on any atom is -0.456 e. The van der Waals surface area contributed by atoms with Crippen LogP contribution in [-0.4, -0.2) is 14.1 Å². The van der Waals surface area contributed by atoms with E-state index in [2.05, 4.69) is 198 Å². The first-order valence-corrected chi connectivity index (χ1v) is 20.0. The van der Waals surface area contributed by atoms with Gasteiger partial charge in [-0.25, -0.2) is 4.98 Å². The highest BCUT2D eigenvalue weighted by molar-refractivity contribution is 6.23. The predicted octanol–water partition coefficient (Wildman–Crippen LogP) is 14.3. The molecule has 0 spiro atoms. The molecule has 1 aliphatic rings. The van der Waals surface area contributed by atoms with E-state index in [4.69, 9.17) is 9.40 Å². The van der Waals surface area contributed by atoms with Crippen LogP contribution >= 0.6 is 0 Å². The van der Waals surface area contributed by atoms with Gasteiger partial charge >= 0.3 is 0 Å². The number of fused-ring (bicyclic) bond motifs is 10. The van der Waals surface area contributed by atoms with E-state index in [0.717, 1.165) is 62.1 Å². The molecule has 7 aromatic carbocycles. The van der Waals surface area contributed by atoms with E-state index >= 15 is 0 Å². The van der Waals surface area contributed by atoms with E-state index in [1.165, 1.54) is 49.2 Å². The number of para-hydroxylation sites is 3. The fraction of sp³-hybridized carbons (Fsp3) is 0.0556.